The van der Waals surface area contributed by atoms with Gasteiger partial charge < -0.3 is 29.2 Å². The fourth-order valence-corrected chi connectivity index (χ4v) is 5.94. The van der Waals surface area contributed by atoms with E-state index in [0.717, 1.165) is 9.44 Å². The van der Waals surface area contributed by atoms with Gasteiger partial charge in [-0.3, -0.25) is 4.79 Å². The van der Waals surface area contributed by atoms with Gasteiger partial charge in [0.1, 0.15) is 12.7 Å². The number of methoxy groups -OCH3 is 1. The molecule has 9 nitrogen and oxygen atoms in total. The number of carbonyl (C=O) groups is 1. The first-order valence-electron chi connectivity index (χ1n) is 13.3. The number of thiophene rings is 1. The number of rotatable bonds is 10. The minimum absolute atomic E-state index is 0.0261. The van der Waals surface area contributed by atoms with Gasteiger partial charge in [0.2, 0.25) is 11.7 Å². The standard InChI is InChI=1S/C28H31F4N5O4S/c1-27(2,15-39-3)23-9-16(13-42-23)26(38)33-11-24-35-25(36-41-24)22-10-17-19(34-20-7-8-40-12-18(20)29)5-4-6-21(17)37(22)14-28(30,31)32/h4-6,9-10,13,18,20,34H,7-8,11-12,14-15H2,1-3H3,(H,33,38)/t18-,20+/m0/s1. The summed E-state index contributed by atoms with van der Waals surface area (Å²) in [6.07, 6.45) is -5.36. The lowest BCUT2D eigenvalue weighted by atomic mass is 9.92. The first-order chi connectivity index (χ1) is 19.9. The second kappa shape index (κ2) is 12.0. The predicted octanol–water partition coefficient (Wildman–Crippen LogP) is 5.71. The smallest absolute Gasteiger partial charge is 0.384 e. The number of carbonyl (C=O) groups excluding carboxylic acids is 1. The van der Waals surface area contributed by atoms with E-state index in [9.17, 15) is 22.4 Å². The molecule has 5 rings (SSSR count). The van der Waals surface area contributed by atoms with Crippen LogP contribution in [0.3, 0.4) is 0 Å². The monoisotopic (exact) mass is 609 g/mol. The van der Waals surface area contributed by atoms with Gasteiger partial charge in [-0.05, 0) is 30.7 Å². The maximum absolute atomic E-state index is 14.4. The van der Waals surface area contributed by atoms with Crippen LogP contribution in [0.2, 0.25) is 0 Å². The quantitative estimate of drug-likeness (QED) is 0.222. The zero-order chi connectivity index (χ0) is 30.1. The number of fused-ring (bicyclic) bond motifs is 1. The van der Waals surface area contributed by atoms with Crippen LogP contribution in [0.25, 0.3) is 22.4 Å². The summed E-state index contributed by atoms with van der Waals surface area (Å²) in [6.45, 7) is 3.46. The summed E-state index contributed by atoms with van der Waals surface area (Å²) in [7, 11) is 1.62. The van der Waals surface area contributed by atoms with E-state index in [1.165, 1.54) is 17.4 Å². The summed E-state index contributed by atoms with van der Waals surface area (Å²) >= 11 is 1.45. The van der Waals surface area contributed by atoms with Gasteiger partial charge in [-0.25, -0.2) is 4.39 Å². The van der Waals surface area contributed by atoms with E-state index < -0.39 is 24.9 Å². The van der Waals surface area contributed by atoms with E-state index in [0.29, 0.717) is 36.3 Å². The molecule has 42 heavy (non-hydrogen) atoms. The average Bonchev–Trinajstić information content (AvgIpc) is 3.68. The molecule has 1 aromatic carbocycles. The average molecular weight is 610 g/mol. The number of amides is 1. The topological polar surface area (TPSA) is 103 Å². The number of aromatic nitrogens is 3. The second-order valence-electron chi connectivity index (χ2n) is 10.8. The number of halogens is 4. The van der Waals surface area contributed by atoms with Gasteiger partial charge in [-0.2, -0.15) is 18.2 Å². The normalized spacial score (nSPS) is 18.0. The molecule has 0 saturated carbocycles. The summed E-state index contributed by atoms with van der Waals surface area (Å²) in [4.78, 5) is 18.0. The third kappa shape index (κ3) is 6.60. The third-order valence-corrected chi connectivity index (χ3v) is 8.34. The molecular formula is C28H31F4N5O4S. The Bertz CT molecular complexity index is 1550. The zero-order valence-electron chi connectivity index (χ0n) is 23.3. The number of nitrogens with zero attached hydrogens (tertiary/aromatic N) is 3. The molecule has 1 aliphatic rings. The van der Waals surface area contributed by atoms with Crippen LogP contribution in [-0.4, -0.2) is 65.9 Å². The molecule has 14 heteroatoms. The van der Waals surface area contributed by atoms with Crippen molar-refractivity contribution in [1.82, 2.24) is 20.0 Å². The van der Waals surface area contributed by atoms with Gasteiger partial charge in [0.05, 0.1) is 42.6 Å². The van der Waals surface area contributed by atoms with Crippen molar-refractivity contribution in [2.24, 2.45) is 0 Å². The zero-order valence-corrected chi connectivity index (χ0v) is 24.1. The Morgan fingerprint density at radius 1 is 1.26 bits per heavy atom. The Morgan fingerprint density at radius 2 is 2.07 bits per heavy atom. The molecule has 4 heterocycles. The first kappa shape index (κ1) is 30.0. The molecule has 226 valence electrons. The number of nitrogens with one attached hydrogen (secondary N) is 2. The van der Waals surface area contributed by atoms with E-state index in [1.807, 2.05) is 13.8 Å². The lowest BCUT2D eigenvalue weighted by Crippen LogP contribution is -2.39. The van der Waals surface area contributed by atoms with Gasteiger partial charge in [0.15, 0.2) is 0 Å². The van der Waals surface area contributed by atoms with Gasteiger partial charge in [-0.15, -0.1) is 11.3 Å². The highest BCUT2D eigenvalue weighted by Gasteiger charge is 2.32. The lowest BCUT2D eigenvalue weighted by molar-refractivity contribution is -0.139. The Balaban J connectivity index is 1.37. The third-order valence-electron chi connectivity index (χ3n) is 7.04. The molecule has 0 aliphatic carbocycles. The van der Waals surface area contributed by atoms with Gasteiger partial charge >= 0.3 is 6.18 Å². The van der Waals surface area contributed by atoms with Gasteiger partial charge in [0, 0.05) is 40.5 Å². The van der Waals surface area contributed by atoms with Crippen LogP contribution in [-0.2, 0) is 28.0 Å². The molecule has 2 atom stereocenters. The molecule has 1 saturated heterocycles. The van der Waals surface area contributed by atoms with Crippen LogP contribution in [0.4, 0.5) is 23.2 Å². The Kier molecular flexibility index (Phi) is 8.58. The Morgan fingerprint density at radius 3 is 2.81 bits per heavy atom. The molecular weight excluding hydrogens is 578 g/mol. The molecule has 1 amide bonds. The summed E-state index contributed by atoms with van der Waals surface area (Å²) in [5, 5.41) is 12.0. The summed E-state index contributed by atoms with van der Waals surface area (Å²) in [5.41, 5.74) is 1.04. The molecule has 0 spiro atoms. The molecule has 1 aliphatic heterocycles. The molecule has 3 aromatic heterocycles. The van der Waals surface area contributed by atoms with E-state index in [-0.39, 0.29) is 47.4 Å². The van der Waals surface area contributed by atoms with Crippen molar-refractivity contribution in [3.8, 4) is 11.5 Å². The minimum Gasteiger partial charge on any atom is -0.384 e. The molecule has 2 N–H and O–H groups in total. The van der Waals surface area contributed by atoms with Gasteiger partial charge in [0.25, 0.3) is 5.91 Å². The summed E-state index contributed by atoms with van der Waals surface area (Å²) in [6, 6.07) is 7.64. The highest BCUT2D eigenvalue weighted by molar-refractivity contribution is 7.10. The molecule has 0 bridgehead atoms. The van der Waals surface area contributed by atoms with Crippen LogP contribution in [0.1, 0.15) is 41.4 Å². The van der Waals surface area contributed by atoms with Crippen molar-refractivity contribution >= 4 is 33.8 Å². The van der Waals surface area contributed by atoms with Crippen molar-refractivity contribution in [1.29, 1.82) is 0 Å². The predicted molar refractivity (Wildman–Crippen MR) is 149 cm³/mol. The van der Waals surface area contributed by atoms with E-state index in [1.54, 1.807) is 36.8 Å². The lowest BCUT2D eigenvalue weighted by Gasteiger charge is -2.28. The summed E-state index contributed by atoms with van der Waals surface area (Å²) < 4.78 is 72.1. The molecule has 1 fully saturated rings. The van der Waals surface area contributed by atoms with E-state index in [2.05, 4.69) is 20.8 Å². The molecule has 0 unspecified atom stereocenters. The molecule has 4 aromatic rings. The fraction of sp³-hybridized carbons (Fsp3) is 0.464. The molecule has 0 radical (unpaired) electrons. The van der Waals surface area contributed by atoms with Crippen molar-refractivity contribution in [2.45, 2.75) is 57.2 Å². The van der Waals surface area contributed by atoms with Crippen LogP contribution < -0.4 is 10.6 Å². The number of hydrogen-bond donors (Lipinski definition) is 2. The second-order valence-corrected chi connectivity index (χ2v) is 11.7. The van der Waals surface area contributed by atoms with Crippen LogP contribution >= 0.6 is 11.3 Å². The van der Waals surface area contributed by atoms with Crippen LogP contribution in [0, 0.1) is 0 Å². The Labute approximate surface area is 243 Å². The maximum Gasteiger partial charge on any atom is 0.406 e. The number of ether oxygens (including phenoxy) is 2. The van der Waals surface area contributed by atoms with Crippen molar-refractivity contribution in [2.75, 3.05) is 32.2 Å². The van der Waals surface area contributed by atoms with E-state index in [4.69, 9.17) is 14.0 Å². The van der Waals surface area contributed by atoms with Crippen molar-refractivity contribution in [3.05, 3.63) is 52.0 Å². The maximum atomic E-state index is 14.4. The summed E-state index contributed by atoms with van der Waals surface area (Å²) in [5.74, 6) is -0.399. The number of anilines is 1. The highest BCUT2D eigenvalue weighted by atomic mass is 32.1. The van der Waals surface area contributed by atoms with Crippen LogP contribution in [0.15, 0.2) is 40.2 Å². The largest absolute Gasteiger partial charge is 0.406 e. The Hall–Kier alpha value is -3.49. The van der Waals surface area contributed by atoms with Crippen molar-refractivity contribution in [3.63, 3.8) is 0 Å². The number of benzene rings is 1. The van der Waals surface area contributed by atoms with E-state index >= 15 is 0 Å². The SMILES string of the molecule is COCC(C)(C)c1cc(C(=O)NCc2nc(-c3cc4c(N[C@@H]5CCOC[C@@H]5F)cccc4n3CC(F)(F)F)no2)cs1. The fourth-order valence-electron chi connectivity index (χ4n) is 4.94. The minimum atomic E-state index is -4.54. The number of hydrogen-bond acceptors (Lipinski definition) is 8. The van der Waals surface area contributed by atoms with Crippen molar-refractivity contribution < 1.29 is 36.4 Å². The highest BCUT2D eigenvalue weighted by Crippen LogP contribution is 2.35. The van der Waals surface area contributed by atoms with Gasteiger partial charge in [-0.1, -0.05) is 25.1 Å². The van der Waals surface area contributed by atoms with Crippen LogP contribution in [0.5, 0.6) is 0 Å². The number of alkyl halides is 4. The first-order valence-corrected chi connectivity index (χ1v) is 14.2.